The molecule has 0 heterocycles. The van der Waals surface area contributed by atoms with E-state index >= 15 is 0 Å². The first-order valence-electron chi connectivity index (χ1n) is 10.6. The predicted octanol–water partition coefficient (Wildman–Crippen LogP) is 5.79. The SMILES string of the molecule is CC(C)C1=C2C3=CC(=O)CCC[C@]3(COC(=O)C(C)(C)C)CC[C@@]2(C)CC1. The first-order chi connectivity index (χ1) is 12.5. The number of carbonyl (C=O) groups is 2. The molecule has 0 bridgehead atoms. The number of esters is 1. The summed E-state index contributed by atoms with van der Waals surface area (Å²) in [6.07, 6.45) is 8.80. The van der Waals surface area contributed by atoms with Crippen LogP contribution in [0.25, 0.3) is 0 Å². The minimum atomic E-state index is -0.500. The molecule has 150 valence electrons. The van der Waals surface area contributed by atoms with Gasteiger partial charge in [0.1, 0.15) is 6.61 Å². The molecule has 0 radical (unpaired) electrons. The maximum Gasteiger partial charge on any atom is 0.311 e. The molecule has 27 heavy (non-hydrogen) atoms. The van der Waals surface area contributed by atoms with Crippen molar-refractivity contribution in [3.05, 3.63) is 22.8 Å². The summed E-state index contributed by atoms with van der Waals surface area (Å²) in [6.45, 7) is 13.0. The molecule has 3 aliphatic rings. The lowest BCUT2D eigenvalue weighted by Gasteiger charge is -2.47. The summed E-state index contributed by atoms with van der Waals surface area (Å²) in [6, 6.07) is 0. The highest BCUT2D eigenvalue weighted by Gasteiger charge is 2.51. The summed E-state index contributed by atoms with van der Waals surface area (Å²) in [5.74, 6) is 0.583. The second-order valence-electron chi connectivity index (χ2n) is 10.6. The summed E-state index contributed by atoms with van der Waals surface area (Å²) in [5, 5.41) is 0. The fourth-order valence-corrected chi connectivity index (χ4v) is 5.25. The average Bonchev–Trinajstić information content (AvgIpc) is 2.83. The highest BCUT2D eigenvalue weighted by Crippen LogP contribution is 2.62. The van der Waals surface area contributed by atoms with Crippen molar-refractivity contribution in [1.82, 2.24) is 0 Å². The van der Waals surface area contributed by atoms with Crippen molar-refractivity contribution in [2.75, 3.05) is 6.61 Å². The van der Waals surface area contributed by atoms with Crippen molar-refractivity contribution in [3.63, 3.8) is 0 Å². The number of hydrogen-bond acceptors (Lipinski definition) is 3. The van der Waals surface area contributed by atoms with Gasteiger partial charge in [0.2, 0.25) is 0 Å². The first kappa shape index (κ1) is 20.4. The van der Waals surface area contributed by atoms with Crippen LogP contribution in [0.3, 0.4) is 0 Å². The van der Waals surface area contributed by atoms with Gasteiger partial charge in [0, 0.05) is 11.8 Å². The van der Waals surface area contributed by atoms with Crippen LogP contribution in [0, 0.1) is 22.2 Å². The zero-order chi connectivity index (χ0) is 20.0. The van der Waals surface area contributed by atoms with E-state index in [1.165, 1.54) is 23.1 Å². The lowest BCUT2D eigenvalue weighted by Crippen LogP contribution is -2.40. The zero-order valence-electron chi connectivity index (χ0n) is 18.0. The van der Waals surface area contributed by atoms with E-state index in [1.54, 1.807) is 0 Å². The Balaban J connectivity index is 2.04. The highest BCUT2D eigenvalue weighted by atomic mass is 16.5. The number of allylic oxidation sites excluding steroid dienone is 3. The van der Waals surface area contributed by atoms with Crippen LogP contribution in [0.4, 0.5) is 0 Å². The van der Waals surface area contributed by atoms with Gasteiger partial charge < -0.3 is 4.74 Å². The van der Waals surface area contributed by atoms with Gasteiger partial charge in [-0.25, -0.2) is 0 Å². The van der Waals surface area contributed by atoms with E-state index < -0.39 is 5.41 Å². The average molecular weight is 373 g/mol. The molecule has 0 aromatic carbocycles. The summed E-state index contributed by atoms with van der Waals surface area (Å²) < 4.78 is 5.86. The third kappa shape index (κ3) is 3.67. The van der Waals surface area contributed by atoms with Crippen LogP contribution in [0.1, 0.15) is 86.5 Å². The Morgan fingerprint density at radius 2 is 1.85 bits per heavy atom. The molecule has 3 nitrogen and oxygen atoms in total. The molecule has 0 aromatic heterocycles. The van der Waals surface area contributed by atoms with Gasteiger partial charge in [0.25, 0.3) is 0 Å². The van der Waals surface area contributed by atoms with Crippen molar-refractivity contribution in [3.8, 4) is 0 Å². The molecular weight excluding hydrogens is 336 g/mol. The number of rotatable bonds is 3. The van der Waals surface area contributed by atoms with E-state index in [0.29, 0.717) is 18.9 Å². The van der Waals surface area contributed by atoms with Crippen LogP contribution < -0.4 is 0 Å². The van der Waals surface area contributed by atoms with Crippen molar-refractivity contribution in [1.29, 1.82) is 0 Å². The van der Waals surface area contributed by atoms with Crippen LogP contribution in [-0.2, 0) is 14.3 Å². The monoisotopic (exact) mass is 372 g/mol. The Morgan fingerprint density at radius 3 is 2.48 bits per heavy atom. The number of hydrogen-bond donors (Lipinski definition) is 0. The maximum absolute atomic E-state index is 12.5. The fraction of sp³-hybridized carbons (Fsp3) is 0.750. The molecule has 3 heteroatoms. The van der Waals surface area contributed by atoms with E-state index in [1.807, 2.05) is 26.8 Å². The summed E-state index contributed by atoms with van der Waals surface area (Å²) in [7, 11) is 0. The molecule has 0 spiro atoms. The van der Waals surface area contributed by atoms with E-state index in [4.69, 9.17) is 4.74 Å². The predicted molar refractivity (Wildman–Crippen MR) is 108 cm³/mol. The summed E-state index contributed by atoms with van der Waals surface area (Å²) in [4.78, 5) is 25.0. The minimum absolute atomic E-state index is 0.149. The molecule has 0 saturated heterocycles. The molecule has 1 saturated carbocycles. The van der Waals surface area contributed by atoms with Gasteiger partial charge in [-0.1, -0.05) is 26.3 Å². The lowest BCUT2D eigenvalue weighted by molar-refractivity contribution is -0.156. The molecule has 2 atom stereocenters. The van der Waals surface area contributed by atoms with E-state index in [9.17, 15) is 9.59 Å². The summed E-state index contributed by atoms with van der Waals surface area (Å²) >= 11 is 0. The molecule has 0 unspecified atom stereocenters. The van der Waals surface area contributed by atoms with Gasteiger partial charge in [-0.3, -0.25) is 9.59 Å². The molecule has 3 aliphatic carbocycles. The Bertz CT molecular complexity index is 704. The number of fused-ring (bicyclic) bond motifs is 3. The topological polar surface area (TPSA) is 43.4 Å². The Labute approximate surface area is 164 Å². The Morgan fingerprint density at radius 1 is 1.15 bits per heavy atom. The molecule has 0 aliphatic heterocycles. The van der Waals surface area contributed by atoms with Gasteiger partial charge in [-0.2, -0.15) is 0 Å². The zero-order valence-corrected chi connectivity index (χ0v) is 18.0. The fourth-order valence-electron chi connectivity index (χ4n) is 5.25. The molecule has 0 amide bonds. The third-order valence-electron chi connectivity index (χ3n) is 7.04. The van der Waals surface area contributed by atoms with Gasteiger partial charge in [0.15, 0.2) is 5.78 Å². The molecule has 1 fully saturated rings. The van der Waals surface area contributed by atoms with Crippen LogP contribution in [-0.4, -0.2) is 18.4 Å². The standard InChI is InChI=1S/C24H36O3/c1-16(2)18-9-11-23(6)12-13-24(15-27-21(26)22(3,4)5)10-7-8-17(25)14-19(24)20(18)23/h14,16H,7-13,15H2,1-6H3/t23-,24-/m1/s1. The van der Waals surface area contributed by atoms with Crippen LogP contribution in [0.5, 0.6) is 0 Å². The number of ether oxygens (including phenoxy) is 1. The Kier molecular flexibility index (Phi) is 5.20. The van der Waals surface area contributed by atoms with Gasteiger partial charge in [0.05, 0.1) is 5.41 Å². The van der Waals surface area contributed by atoms with Gasteiger partial charge in [-0.15, -0.1) is 0 Å². The quantitative estimate of drug-likeness (QED) is 0.589. The van der Waals surface area contributed by atoms with Crippen molar-refractivity contribution in [2.24, 2.45) is 22.2 Å². The van der Waals surface area contributed by atoms with Crippen LogP contribution in [0.2, 0.25) is 0 Å². The normalized spacial score (nSPS) is 31.4. The van der Waals surface area contributed by atoms with Gasteiger partial charge in [-0.05, 0) is 87.9 Å². The van der Waals surface area contributed by atoms with E-state index in [2.05, 4.69) is 20.8 Å². The summed E-state index contributed by atoms with van der Waals surface area (Å²) in [5.41, 5.74) is 3.65. The van der Waals surface area contributed by atoms with E-state index in [-0.39, 0.29) is 22.6 Å². The first-order valence-corrected chi connectivity index (χ1v) is 10.6. The molecule has 0 aromatic rings. The van der Waals surface area contributed by atoms with Gasteiger partial charge >= 0.3 is 5.97 Å². The molecule has 3 rings (SSSR count). The van der Waals surface area contributed by atoms with Crippen molar-refractivity contribution < 1.29 is 14.3 Å². The Hall–Kier alpha value is -1.38. The van der Waals surface area contributed by atoms with Crippen molar-refractivity contribution in [2.45, 2.75) is 86.5 Å². The minimum Gasteiger partial charge on any atom is -0.464 e. The highest BCUT2D eigenvalue weighted by molar-refractivity contribution is 5.92. The van der Waals surface area contributed by atoms with E-state index in [0.717, 1.165) is 32.1 Å². The smallest absolute Gasteiger partial charge is 0.311 e. The lowest BCUT2D eigenvalue weighted by atomic mass is 9.58. The maximum atomic E-state index is 12.5. The van der Waals surface area contributed by atoms with Crippen LogP contribution >= 0.6 is 0 Å². The molecule has 0 N–H and O–H groups in total. The largest absolute Gasteiger partial charge is 0.464 e. The number of ketones is 1. The number of carbonyl (C=O) groups excluding carboxylic acids is 2. The third-order valence-corrected chi connectivity index (χ3v) is 7.04. The van der Waals surface area contributed by atoms with Crippen LogP contribution in [0.15, 0.2) is 22.8 Å². The second kappa shape index (κ2) is 6.90. The second-order valence-corrected chi connectivity index (χ2v) is 10.6. The van der Waals surface area contributed by atoms with Crippen molar-refractivity contribution >= 4 is 11.8 Å². The molecular formula is C24H36O3.